The summed E-state index contributed by atoms with van der Waals surface area (Å²) in [4.78, 5) is 11.0. The molecule has 0 bridgehead atoms. The molecule has 0 N–H and O–H groups in total. The molecule has 0 aromatic heterocycles. The van der Waals surface area contributed by atoms with Crippen molar-refractivity contribution in [2.75, 3.05) is 0 Å². The van der Waals surface area contributed by atoms with Crippen LogP contribution >= 0.6 is 0 Å². The molecule has 1 aliphatic rings. The van der Waals surface area contributed by atoms with E-state index in [0.29, 0.717) is 12.3 Å². The fourth-order valence-corrected chi connectivity index (χ4v) is 1.67. The van der Waals surface area contributed by atoms with Crippen LogP contribution in [-0.2, 0) is 4.79 Å². The summed E-state index contributed by atoms with van der Waals surface area (Å²) in [5.41, 5.74) is 2.52. The summed E-state index contributed by atoms with van der Waals surface area (Å²) in [5, 5.41) is 0. The van der Waals surface area contributed by atoms with E-state index in [1.165, 1.54) is 31.8 Å². The fourth-order valence-electron chi connectivity index (χ4n) is 1.67. The highest BCUT2D eigenvalue weighted by atomic mass is 16.1. The van der Waals surface area contributed by atoms with Crippen LogP contribution < -0.4 is 0 Å². The minimum absolute atomic E-state index is 0.187. The number of ketones is 1. The van der Waals surface area contributed by atoms with Crippen molar-refractivity contribution in [2.24, 2.45) is 5.92 Å². The maximum absolute atomic E-state index is 11.0. The maximum Gasteiger partial charge on any atom is 0.163 e. The molecule has 0 unspecified atom stereocenters. The Balaban J connectivity index is 2.29. The highest BCUT2D eigenvalue weighted by Crippen LogP contribution is 2.27. The van der Waals surface area contributed by atoms with E-state index in [1.54, 1.807) is 0 Å². The predicted molar refractivity (Wildman–Crippen MR) is 45.3 cm³/mol. The smallest absolute Gasteiger partial charge is 0.163 e. The summed E-state index contributed by atoms with van der Waals surface area (Å²) in [6, 6.07) is 0. The van der Waals surface area contributed by atoms with E-state index in [-0.39, 0.29) is 5.78 Å². The predicted octanol–water partition coefficient (Wildman–Crippen LogP) is 2.48. The van der Waals surface area contributed by atoms with Crippen molar-refractivity contribution in [1.29, 1.82) is 0 Å². The summed E-state index contributed by atoms with van der Waals surface area (Å²) >= 11 is 0. The first-order valence-corrected chi connectivity index (χ1v) is 4.21. The molecule has 1 nitrogen and oxygen atoms in total. The molecule has 0 spiro atoms. The molecule has 0 aromatic carbocycles. The average molecular weight is 150 g/mol. The van der Waals surface area contributed by atoms with E-state index in [1.807, 2.05) is 0 Å². The normalized spacial score (nSPS) is 17.8. The van der Waals surface area contributed by atoms with Gasteiger partial charge in [0, 0.05) is 12.5 Å². The summed E-state index contributed by atoms with van der Waals surface area (Å²) in [6.07, 6.45) is 7.24. The van der Waals surface area contributed by atoms with Crippen LogP contribution in [0.15, 0.2) is 18.4 Å². The Kier molecular flexibility index (Phi) is 3.13. The second kappa shape index (κ2) is 4.15. The molecule has 60 valence electrons. The minimum Gasteiger partial charge on any atom is -0.294 e. The van der Waals surface area contributed by atoms with Crippen LogP contribution in [-0.4, -0.2) is 5.78 Å². The SMILES string of the molecule is C=C=CC(=O)CC1CCCC1. The Labute approximate surface area is 67.8 Å². The molecule has 1 heteroatoms. The Morgan fingerprint density at radius 3 is 2.73 bits per heavy atom. The van der Waals surface area contributed by atoms with Gasteiger partial charge in [0.2, 0.25) is 0 Å². The van der Waals surface area contributed by atoms with Gasteiger partial charge in [0.15, 0.2) is 5.78 Å². The maximum atomic E-state index is 11.0. The lowest BCUT2D eigenvalue weighted by Gasteiger charge is -2.03. The number of carbonyl (C=O) groups is 1. The molecule has 0 aliphatic heterocycles. The largest absolute Gasteiger partial charge is 0.294 e. The van der Waals surface area contributed by atoms with Gasteiger partial charge in [0.25, 0.3) is 0 Å². The van der Waals surface area contributed by atoms with Gasteiger partial charge in [-0.05, 0) is 5.92 Å². The molecule has 1 rings (SSSR count). The zero-order chi connectivity index (χ0) is 8.10. The van der Waals surface area contributed by atoms with E-state index in [2.05, 4.69) is 12.3 Å². The monoisotopic (exact) mass is 150 g/mol. The van der Waals surface area contributed by atoms with E-state index >= 15 is 0 Å². The molecule has 0 aromatic rings. The number of hydrogen-bond donors (Lipinski definition) is 0. The molecule has 1 fully saturated rings. The lowest BCUT2D eigenvalue weighted by atomic mass is 10.0. The van der Waals surface area contributed by atoms with Gasteiger partial charge in [0.1, 0.15) is 0 Å². The third kappa shape index (κ3) is 2.73. The van der Waals surface area contributed by atoms with Crippen LogP contribution in [0.5, 0.6) is 0 Å². The fraction of sp³-hybridized carbons (Fsp3) is 0.600. The Morgan fingerprint density at radius 1 is 1.55 bits per heavy atom. The number of hydrogen-bond acceptors (Lipinski definition) is 1. The summed E-state index contributed by atoms with van der Waals surface area (Å²) < 4.78 is 0. The Hall–Kier alpha value is -0.810. The average Bonchev–Trinajstić information content (AvgIpc) is 2.40. The van der Waals surface area contributed by atoms with Crippen LogP contribution in [0.1, 0.15) is 32.1 Å². The van der Waals surface area contributed by atoms with Gasteiger partial charge in [0.05, 0.1) is 0 Å². The molecule has 0 heterocycles. The first-order valence-electron chi connectivity index (χ1n) is 4.21. The van der Waals surface area contributed by atoms with Crippen molar-refractivity contribution in [1.82, 2.24) is 0 Å². The molecule has 1 aliphatic carbocycles. The van der Waals surface area contributed by atoms with Crippen LogP contribution in [0.3, 0.4) is 0 Å². The summed E-state index contributed by atoms with van der Waals surface area (Å²) in [7, 11) is 0. The van der Waals surface area contributed by atoms with E-state index < -0.39 is 0 Å². The summed E-state index contributed by atoms with van der Waals surface area (Å²) in [6.45, 7) is 3.37. The van der Waals surface area contributed by atoms with Crippen LogP contribution in [0.25, 0.3) is 0 Å². The lowest BCUT2D eigenvalue weighted by Crippen LogP contribution is -2.01. The second-order valence-corrected chi connectivity index (χ2v) is 3.17. The molecule has 0 amide bonds. The first kappa shape index (κ1) is 8.29. The molecular formula is C10H14O. The first-order chi connectivity index (χ1) is 5.33. The Bertz CT molecular complexity index is 181. The van der Waals surface area contributed by atoms with Crippen molar-refractivity contribution in [3.63, 3.8) is 0 Å². The quantitative estimate of drug-likeness (QED) is 0.446. The van der Waals surface area contributed by atoms with Crippen molar-refractivity contribution < 1.29 is 4.79 Å². The van der Waals surface area contributed by atoms with Crippen molar-refractivity contribution >= 4 is 5.78 Å². The standard InChI is InChI=1S/C10H14O/c1-2-5-10(11)8-9-6-3-4-7-9/h5,9H,1,3-4,6-8H2. The molecule has 1 saturated carbocycles. The van der Waals surface area contributed by atoms with Crippen molar-refractivity contribution in [3.05, 3.63) is 18.4 Å². The van der Waals surface area contributed by atoms with E-state index in [9.17, 15) is 4.79 Å². The molecule has 0 atom stereocenters. The van der Waals surface area contributed by atoms with Gasteiger partial charge in [-0.2, -0.15) is 0 Å². The zero-order valence-electron chi connectivity index (χ0n) is 6.81. The number of rotatable bonds is 3. The van der Waals surface area contributed by atoms with Gasteiger partial charge in [-0.1, -0.05) is 32.3 Å². The lowest BCUT2D eigenvalue weighted by molar-refractivity contribution is -0.115. The molecule has 11 heavy (non-hydrogen) atoms. The highest BCUT2D eigenvalue weighted by Gasteiger charge is 2.16. The van der Waals surface area contributed by atoms with E-state index in [0.717, 1.165) is 0 Å². The van der Waals surface area contributed by atoms with E-state index in [4.69, 9.17) is 0 Å². The number of allylic oxidation sites excluding steroid dienone is 1. The Morgan fingerprint density at radius 2 is 2.18 bits per heavy atom. The van der Waals surface area contributed by atoms with Crippen LogP contribution in [0.2, 0.25) is 0 Å². The van der Waals surface area contributed by atoms with Gasteiger partial charge in [-0.25, -0.2) is 0 Å². The summed E-state index contributed by atoms with van der Waals surface area (Å²) in [5.74, 6) is 0.832. The van der Waals surface area contributed by atoms with Gasteiger partial charge in [-0.15, -0.1) is 5.73 Å². The minimum atomic E-state index is 0.187. The molecular weight excluding hydrogens is 136 g/mol. The second-order valence-electron chi connectivity index (χ2n) is 3.17. The molecule has 0 radical (unpaired) electrons. The van der Waals surface area contributed by atoms with Crippen molar-refractivity contribution in [3.8, 4) is 0 Å². The third-order valence-electron chi connectivity index (χ3n) is 2.23. The van der Waals surface area contributed by atoms with Gasteiger partial charge in [-0.3, -0.25) is 4.79 Å². The highest BCUT2D eigenvalue weighted by molar-refractivity contribution is 5.89. The van der Waals surface area contributed by atoms with Crippen molar-refractivity contribution in [2.45, 2.75) is 32.1 Å². The topological polar surface area (TPSA) is 17.1 Å². The third-order valence-corrected chi connectivity index (χ3v) is 2.23. The zero-order valence-corrected chi connectivity index (χ0v) is 6.81. The van der Waals surface area contributed by atoms with Gasteiger partial charge < -0.3 is 0 Å². The van der Waals surface area contributed by atoms with Gasteiger partial charge >= 0.3 is 0 Å². The van der Waals surface area contributed by atoms with Crippen LogP contribution in [0.4, 0.5) is 0 Å². The number of carbonyl (C=O) groups excluding carboxylic acids is 1. The molecule has 0 saturated heterocycles. The van der Waals surface area contributed by atoms with Crippen LogP contribution in [0, 0.1) is 5.92 Å².